The van der Waals surface area contributed by atoms with E-state index in [1.165, 1.54) is 5.56 Å². The van der Waals surface area contributed by atoms with Gasteiger partial charge in [-0.1, -0.05) is 30.3 Å². The van der Waals surface area contributed by atoms with Gasteiger partial charge in [0, 0.05) is 56.0 Å². The monoisotopic (exact) mass is 440 g/mol. The second-order valence-corrected chi connectivity index (χ2v) is 8.26. The number of pyridine rings is 1. The van der Waals surface area contributed by atoms with E-state index in [0.29, 0.717) is 6.42 Å². The van der Waals surface area contributed by atoms with E-state index in [4.69, 9.17) is 4.98 Å². The molecule has 1 amide bonds. The highest BCUT2D eigenvalue weighted by atomic mass is 79.9. The Morgan fingerprint density at radius 1 is 1.00 bits per heavy atom. The highest BCUT2D eigenvalue weighted by molar-refractivity contribution is 9.10. The molecule has 1 saturated heterocycles. The van der Waals surface area contributed by atoms with Crippen molar-refractivity contribution in [2.75, 3.05) is 26.2 Å². The van der Waals surface area contributed by atoms with Gasteiger partial charge in [0.1, 0.15) is 5.65 Å². The van der Waals surface area contributed by atoms with Crippen LogP contribution in [0.5, 0.6) is 0 Å². The first-order valence-corrected chi connectivity index (χ1v) is 10.6. The summed E-state index contributed by atoms with van der Waals surface area (Å²) in [4.78, 5) is 21.6. The van der Waals surface area contributed by atoms with Crippen molar-refractivity contribution in [3.05, 3.63) is 70.6 Å². The highest BCUT2D eigenvalue weighted by Crippen LogP contribution is 2.15. The minimum atomic E-state index is 0.285. The van der Waals surface area contributed by atoms with Crippen LogP contribution in [0.4, 0.5) is 0 Å². The largest absolute Gasteiger partial charge is 0.340 e. The van der Waals surface area contributed by atoms with Crippen LogP contribution in [0.2, 0.25) is 0 Å². The van der Waals surface area contributed by atoms with Gasteiger partial charge in [0.2, 0.25) is 5.91 Å². The van der Waals surface area contributed by atoms with E-state index >= 15 is 0 Å². The molecule has 1 aliphatic heterocycles. The fourth-order valence-corrected chi connectivity index (χ4v) is 4.08. The van der Waals surface area contributed by atoms with Crippen molar-refractivity contribution in [3.8, 4) is 0 Å². The molecule has 0 bridgehead atoms. The Balaban J connectivity index is 1.23. The van der Waals surface area contributed by atoms with Gasteiger partial charge in [0.25, 0.3) is 0 Å². The molecule has 1 aromatic carbocycles. The molecule has 0 unspecified atom stereocenters. The van der Waals surface area contributed by atoms with Crippen LogP contribution in [-0.4, -0.2) is 51.3 Å². The lowest BCUT2D eigenvalue weighted by Gasteiger charge is -2.34. The highest BCUT2D eigenvalue weighted by Gasteiger charge is 2.21. The van der Waals surface area contributed by atoms with Crippen LogP contribution >= 0.6 is 15.9 Å². The number of benzene rings is 1. The molecule has 4 rings (SSSR count). The molecular formula is C22H25BrN4O. The number of nitrogens with zero attached hydrogens (tertiary/aromatic N) is 4. The fraction of sp³-hybridized carbons (Fsp3) is 0.364. The minimum absolute atomic E-state index is 0.285. The van der Waals surface area contributed by atoms with E-state index < -0.39 is 0 Å². The standard InChI is InChI=1S/C22H25BrN4O/c23-19-9-10-21-24-20(17-27(21)15-19)16-25-11-13-26(14-12-25)22(28)8-4-7-18-5-2-1-3-6-18/h1-3,5-6,9-10,15,17H,4,7-8,11-14,16H2. The Bertz CT molecular complexity index is 932. The van der Waals surface area contributed by atoms with Gasteiger partial charge in [-0.15, -0.1) is 0 Å². The molecule has 0 atom stereocenters. The zero-order chi connectivity index (χ0) is 19.3. The third-order valence-electron chi connectivity index (χ3n) is 5.27. The van der Waals surface area contributed by atoms with E-state index in [2.05, 4.69) is 51.3 Å². The van der Waals surface area contributed by atoms with Gasteiger partial charge in [0.15, 0.2) is 0 Å². The van der Waals surface area contributed by atoms with Gasteiger partial charge in [-0.2, -0.15) is 0 Å². The number of rotatable bonds is 6. The van der Waals surface area contributed by atoms with Crippen molar-refractivity contribution in [2.24, 2.45) is 0 Å². The molecule has 0 spiro atoms. The number of amides is 1. The van der Waals surface area contributed by atoms with E-state index in [1.807, 2.05) is 33.7 Å². The summed E-state index contributed by atoms with van der Waals surface area (Å²) in [6.45, 7) is 4.26. The number of hydrogen-bond donors (Lipinski definition) is 0. The molecule has 3 aromatic rings. The third-order valence-corrected chi connectivity index (χ3v) is 5.74. The van der Waals surface area contributed by atoms with Gasteiger partial charge in [-0.25, -0.2) is 4.98 Å². The summed E-state index contributed by atoms with van der Waals surface area (Å²) in [5.74, 6) is 0.285. The Morgan fingerprint density at radius 2 is 1.79 bits per heavy atom. The lowest BCUT2D eigenvalue weighted by atomic mass is 10.1. The van der Waals surface area contributed by atoms with Gasteiger partial charge >= 0.3 is 0 Å². The summed E-state index contributed by atoms with van der Waals surface area (Å²) < 4.78 is 3.09. The van der Waals surface area contributed by atoms with Crippen LogP contribution < -0.4 is 0 Å². The number of carbonyl (C=O) groups is 1. The van der Waals surface area contributed by atoms with Crippen LogP contribution in [0.3, 0.4) is 0 Å². The number of imidazole rings is 1. The number of aryl methyl sites for hydroxylation is 1. The number of aromatic nitrogens is 2. The first-order valence-electron chi connectivity index (χ1n) is 9.84. The molecule has 6 heteroatoms. The molecule has 5 nitrogen and oxygen atoms in total. The molecule has 2 aromatic heterocycles. The topological polar surface area (TPSA) is 40.9 Å². The average Bonchev–Trinajstić information content (AvgIpc) is 3.10. The van der Waals surface area contributed by atoms with E-state index in [0.717, 1.165) is 61.4 Å². The molecule has 1 fully saturated rings. The number of piperazine rings is 1. The van der Waals surface area contributed by atoms with Crippen molar-refractivity contribution in [2.45, 2.75) is 25.8 Å². The Kier molecular flexibility index (Phi) is 6.07. The number of fused-ring (bicyclic) bond motifs is 1. The molecule has 0 radical (unpaired) electrons. The normalized spacial score (nSPS) is 15.2. The Morgan fingerprint density at radius 3 is 2.57 bits per heavy atom. The van der Waals surface area contributed by atoms with Crippen LogP contribution in [-0.2, 0) is 17.8 Å². The molecular weight excluding hydrogens is 416 g/mol. The summed E-state index contributed by atoms with van der Waals surface area (Å²) in [5.41, 5.74) is 3.34. The summed E-state index contributed by atoms with van der Waals surface area (Å²) in [6.07, 6.45) is 6.63. The summed E-state index contributed by atoms with van der Waals surface area (Å²) >= 11 is 3.49. The van der Waals surface area contributed by atoms with Gasteiger partial charge in [-0.3, -0.25) is 9.69 Å². The molecule has 146 valence electrons. The predicted octanol–water partition coefficient (Wildman–Crippen LogP) is 3.76. The lowest BCUT2D eigenvalue weighted by molar-refractivity contribution is -0.133. The molecule has 0 saturated carbocycles. The smallest absolute Gasteiger partial charge is 0.222 e. The molecule has 1 aliphatic rings. The van der Waals surface area contributed by atoms with Gasteiger partial charge < -0.3 is 9.30 Å². The lowest BCUT2D eigenvalue weighted by Crippen LogP contribution is -2.48. The summed E-state index contributed by atoms with van der Waals surface area (Å²) in [7, 11) is 0. The molecule has 0 aliphatic carbocycles. The van der Waals surface area contributed by atoms with E-state index in [1.54, 1.807) is 0 Å². The van der Waals surface area contributed by atoms with Crippen molar-refractivity contribution in [1.82, 2.24) is 19.2 Å². The zero-order valence-electron chi connectivity index (χ0n) is 15.9. The molecule has 0 N–H and O–H groups in total. The van der Waals surface area contributed by atoms with E-state index in [9.17, 15) is 4.79 Å². The first-order chi connectivity index (χ1) is 13.7. The average molecular weight is 441 g/mol. The van der Waals surface area contributed by atoms with Crippen LogP contribution in [0.1, 0.15) is 24.1 Å². The zero-order valence-corrected chi connectivity index (χ0v) is 17.5. The number of carbonyl (C=O) groups excluding carboxylic acids is 1. The summed E-state index contributed by atoms with van der Waals surface area (Å²) in [5, 5.41) is 0. The van der Waals surface area contributed by atoms with Gasteiger partial charge in [0.05, 0.1) is 5.69 Å². The Hall–Kier alpha value is -2.18. The second-order valence-electron chi connectivity index (χ2n) is 7.34. The van der Waals surface area contributed by atoms with Crippen molar-refractivity contribution < 1.29 is 4.79 Å². The number of halogens is 1. The maximum Gasteiger partial charge on any atom is 0.222 e. The third kappa shape index (κ3) is 4.80. The van der Waals surface area contributed by atoms with Crippen molar-refractivity contribution in [3.63, 3.8) is 0 Å². The van der Waals surface area contributed by atoms with E-state index in [-0.39, 0.29) is 5.91 Å². The van der Waals surface area contributed by atoms with Crippen LogP contribution in [0, 0.1) is 0 Å². The summed E-state index contributed by atoms with van der Waals surface area (Å²) in [6, 6.07) is 14.4. The SMILES string of the molecule is O=C(CCCc1ccccc1)N1CCN(Cc2cn3cc(Br)ccc3n2)CC1. The molecule has 3 heterocycles. The fourth-order valence-electron chi connectivity index (χ4n) is 3.72. The quantitative estimate of drug-likeness (QED) is 0.585. The maximum absolute atomic E-state index is 12.5. The van der Waals surface area contributed by atoms with Gasteiger partial charge in [-0.05, 0) is 46.5 Å². The second kappa shape index (κ2) is 8.88. The predicted molar refractivity (Wildman–Crippen MR) is 114 cm³/mol. The molecule has 28 heavy (non-hydrogen) atoms. The maximum atomic E-state index is 12.5. The first kappa shape index (κ1) is 19.2. The van der Waals surface area contributed by atoms with Crippen LogP contribution in [0.15, 0.2) is 59.3 Å². The van der Waals surface area contributed by atoms with Crippen molar-refractivity contribution in [1.29, 1.82) is 0 Å². The minimum Gasteiger partial charge on any atom is -0.340 e. The number of hydrogen-bond acceptors (Lipinski definition) is 3. The Labute approximate surface area is 174 Å². The van der Waals surface area contributed by atoms with Crippen molar-refractivity contribution >= 4 is 27.5 Å². The van der Waals surface area contributed by atoms with Crippen LogP contribution in [0.25, 0.3) is 5.65 Å².